The molecule has 1 fully saturated rings. The summed E-state index contributed by atoms with van der Waals surface area (Å²) in [4.78, 5) is 2.47. The van der Waals surface area contributed by atoms with Gasteiger partial charge >= 0.3 is 0 Å². The molecule has 1 atom stereocenters. The van der Waals surface area contributed by atoms with Crippen molar-refractivity contribution in [1.29, 1.82) is 0 Å². The zero-order valence-electron chi connectivity index (χ0n) is 12.4. The lowest BCUT2D eigenvalue weighted by atomic mass is 9.99. The summed E-state index contributed by atoms with van der Waals surface area (Å²) in [5, 5.41) is 0. The number of hydrogen-bond donors (Lipinski definition) is 0. The maximum atomic E-state index is 13.0. The summed E-state index contributed by atoms with van der Waals surface area (Å²) in [5.41, 5.74) is 1.86. The largest absolute Gasteiger partial charge is 0.370 e. The lowest BCUT2D eigenvalue weighted by Crippen LogP contribution is -2.21. The Morgan fingerprint density at radius 3 is 2.45 bits per heavy atom. The summed E-state index contributed by atoms with van der Waals surface area (Å²) in [5.74, 6) is 0.0641. The van der Waals surface area contributed by atoms with Crippen LogP contribution in [-0.4, -0.2) is 27.8 Å². The highest BCUT2D eigenvalue weighted by molar-refractivity contribution is 7.90. The molecule has 1 aliphatic rings. The molecule has 0 unspecified atom stereocenters. The molecule has 0 aliphatic carbocycles. The van der Waals surface area contributed by atoms with Crippen molar-refractivity contribution >= 4 is 15.5 Å². The molecule has 0 N–H and O–H groups in total. The van der Waals surface area contributed by atoms with E-state index >= 15 is 0 Å². The Labute approximate surface area is 130 Å². The number of nitrogens with zero attached hydrogens (tertiary/aromatic N) is 1. The van der Waals surface area contributed by atoms with Crippen molar-refractivity contribution < 1.29 is 12.8 Å². The number of anilines is 1. The van der Waals surface area contributed by atoms with Crippen LogP contribution < -0.4 is 4.90 Å². The summed E-state index contributed by atoms with van der Waals surface area (Å²) in [6.45, 7) is 1.55. The van der Waals surface area contributed by atoms with Crippen molar-refractivity contribution in [1.82, 2.24) is 0 Å². The van der Waals surface area contributed by atoms with Crippen LogP contribution in [0.5, 0.6) is 0 Å². The molecule has 2 aromatic carbocycles. The second kappa shape index (κ2) is 5.72. The van der Waals surface area contributed by atoms with Crippen LogP contribution in [0.15, 0.2) is 53.4 Å². The highest BCUT2D eigenvalue weighted by atomic mass is 32.2. The number of halogens is 1. The quantitative estimate of drug-likeness (QED) is 0.872. The lowest BCUT2D eigenvalue weighted by molar-refractivity contribution is 0.601. The van der Waals surface area contributed by atoms with Gasteiger partial charge in [0, 0.05) is 25.3 Å². The van der Waals surface area contributed by atoms with Crippen molar-refractivity contribution in [2.24, 2.45) is 0 Å². The third-order valence-electron chi connectivity index (χ3n) is 4.14. The molecule has 0 bridgehead atoms. The minimum absolute atomic E-state index is 0.235. The number of hydrogen-bond acceptors (Lipinski definition) is 3. The molecule has 0 saturated carbocycles. The Bertz CT molecular complexity index is 772. The van der Waals surface area contributed by atoms with E-state index in [2.05, 4.69) is 4.90 Å². The van der Waals surface area contributed by atoms with Gasteiger partial charge in [-0.1, -0.05) is 24.3 Å². The van der Waals surface area contributed by atoms with Crippen LogP contribution in [0.25, 0.3) is 0 Å². The molecule has 3 rings (SSSR count). The van der Waals surface area contributed by atoms with Gasteiger partial charge in [0.15, 0.2) is 9.84 Å². The fourth-order valence-corrected chi connectivity index (χ4v) is 3.92. The van der Waals surface area contributed by atoms with Crippen molar-refractivity contribution in [3.8, 4) is 0 Å². The summed E-state index contributed by atoms with van der Waals surface area (Å²) >= 11 is 0. The number of benzene rings is 2. The molecule has 1 aliphatic heterocycles. The van der Waals surface area contributed by atoms with Gasteiger partial charge in [0.2, 0.25) is 0 Å². The Morgan fingerprint density at radius 2 is 1.77 bits per heavy atom. The van der Waals surface area contributed by atoms with E-state index in [4.69, 9.17) is 0 Å². The van der Waals surface area contributed by atoms with E-state index in [1.165, 1.54) is 18.4 Å². The molecule has 0 spiro atoms. The minimum Gasteiger partial charge on any atom is -0.370 e. The summed E-state index contributed by atoms with van der Waals surface area (Å²) in [6.07, 6.45) is 2.17. The molecule has 22 heavy (non-hydrogen) atoms. The second-order valence-corrected chi connectivity index (χ2v) is 7.71. The minimum atomic E-state index is -3.25. The first-order chi connectivity index (χ1) is 10.4. The van der Waals surface area contributed by atoms with E-state index in [0.29, 0.717) is 10.8 Å². The third kappa shape index (κ3) is 2.99. The van der Waals surface area contributed by atoms with Gasteiger partial charge < -0.3 is 4.90 Å². The van der Waals surface area contributed by atoms with Crippen LogP contribution in [0, 0.1) is 5.82 Å². The van der Waals surface area contributed by atoms with Crippen molar-refractivity contribution in [2.75, 3.05) is 24.2 Å². The first kappa shape index (κ1) is 15.0. The zero-order valence-corrected chi connectivity index (χ0v) is 13.2. The maximum absolute atomic E-state index is 13.0. The highest BCUT2D eigenvalue weighted by Crippen LogP contribution is 2.34. The monoisotopic (exact) mass is 319 g/mol. The Balaban J connectivity index is 1.86. The van der Waals surface area contributed by atoms with Crippen LogP contribution in [-0.2, 0) is 9.84 Å². The highest BCUT2D eigenvalue weighted by Gasteiger charge is 2.27. The molecule has 2 aromatic rings. The van der Waals surface area contributed by atoms with Gasteiger partial charge in [0.05, 0.1) is 10.6 Å². The van der Waals surface area contributed by atoms with E-state index in [1.54, 1.807) is 12.1 Å². The Kier molecular flexibility index (Phi) is 3.91. The topological polar surface area (TPSA) is 37.4 Å². The Hall–Kier alpha value is -1.88. The van der Waals surface area contributed by atoms with E-state index in [0.717, 1.165) is 30.8 Å². The molecule has 5 heteroatoms. The first-order valence-corrected chi connectivity index (χ1v) is 9.14. The van der Waals surface area contributed by atoms with Crippen molar-refractivity contribution in [3.05, 3.63) is 59.9 Å². The SMILES string of the molecule is CS(=O)(=O)c1ccccc1N1CC[C@H](c2ccc(F)cc2)C1. The number of sulfone groups is 1. The van der Waals surface area contributed by atoms with E-state index in [1.807, 2.05) is 24.3 Å². The molecule has 0 amide bonds. The predicted octanol–water partition coefficient (Wildman–Crippen LogP) is 3.22. The molecule has 116 valence electrons. The molecule has 0 radical (unpaired) electrons. The first-order valence-electron chi connectivity index (χ1n) is 7.24. The second-order valence-electron chi connectivity index (χ2n) is 5.72. The van der Waals surface area contributed by atoms with Crippen LogP contribution in [0.1, 0.15) is 17.9 Å². The normalized spacial score (nSPS) is 18.6. The molecule has 0 aromatic heterocycles. The van der Waals surface area contributed by atoms with Gasteiger partial charge in [-0.15, -0.1) is 0 Å². The molecule has 1 heterocycles. The third-order valence-corrected chi connectivity index (χ3v) is 5.28. The van der Waals surface area contributed by atoms with E-state index in [-0.39, 0.29) is 5.82 Å². The van der Waals surface area contributed by atoms with Gasteiger partial charge in [0.25, 0.3) is 0 Å². The molecular formula is C17H18FNO2S. The molecular weight excluding hydrogens is 301 g/mol. The molecule has 3 nitrogen and oxygen atoms in total. The Morgan fingerprint density at radius 1 is 1.09 bits per heavy atom. The van der Waals surface area contributed by atoms with Gasteiger partial charge in [-0.25, -0.2) is 12.8 Å². The predicted molar refractivity (Wildman–Crippen MR) is 85.5 cm³/mol. The van der Waals surface area contributed by atoms with Crippen LogP contribution >= 0.6 is 0 Å². The van der Waals surface area contributed by atoms with E-state index < -0.39 is 9.84 Å². The molecule has 1 saturated heterocycles. The standard InChI is InChI=1S/C17H18FNO2S/c1-22(20,21)17-5-3-2-4-16(17)19-11-10-14(12-19)13-6-8-15(18)9-7-13/h2-9,14H,10-12H2,1H3/t14-/m0/s1. The van der Waals surface area contributed by atoms with Crippen LogP contribution in [0.3, 0.4) is 0 Å². The fourth-order valence-electron chi connectivity index (χ4n) is 3.02. The summed E-state index contributed by atoms with van der Waals surface area (Å²) < 4.78 is 36.9. The smallest absolute Gasteiger partial charge is 0.177 e. The fraction of sp³-hybridized carbons (Fsp3) is 0.294. The zero-order chi connectivity index (χ0) is 15.7. The lowest BCUT2D eigenvalue weighted by Gasteiger charge is -2.21. The van der Waals surface area contributed by atoms with Crippen LogP contribution in [0.2, 0.25) is 0 Å². The average Bonchev–Trinajstić information content (AvgIpc) is 2.97. The maximum Gasteiger partial charge on any atom is 0.177 e. The average molecular weight is 319 g/mol. The summed E-state index contributed by atoms with van der Waals surface area (Å²) in [7, 11) is -3.25. The van der Waals surface area contributed by atoms with Crippen molar-refractivity contribution in [2.45, 2.75) is 17.2 Å². The van der Waals surface area contributed by atoms with Gasteiger partial charge in [-0.05, 0) is 36.2 Å². The van der Waals surface area contributed by atoms with Gasteiger partial charge in [-0.2, -0.15) is 0 Å². The van der Waals surface area contributed by atoms with Gasteiger partial charge in [0.1, 0.15) is 5.82 Å². The summed E-state index contributed by atoms with van der Waals surface area (Å²) in [6, 6.07) is 13.7. The van der Waals surface area contributed by atoms with Crippen LogP contribution in [0.4, 0.5) is 10.1 Å². The number of para-hydroxylation sites is 1. The van der Waals surface area contributed by atoms with Crippen molar-refractivity contribution in [3.63, 3.8) is 0 Å². The van der Waals surface area contributed by atoms with E-state index in [9.17, 15) is 12.8 Å². The number of rotatable bonds is 3. The van der Waals surface area contributed by atoms with Gasteiger partial charge in [-0.3, -0.25) is 0 Å².